The molecule has 0 radical (unpaired) electrons. The van der Waals surface area contributed by atoms with Crippen molar-refractivity contribution in [3.8, 4) is 0 Å². The Bertz CT molecular complexity index is 1030. The number of hydrogen-bond acceptors (Lipinski definition) is 3. The minimum atomic E-state index is -0.601. The van der Waals surface area contributed by atoms with Crippen LogP contribution < -0.4 is 0 Å². The number of nitrogens with zero attached hydrogens (tertiary/aromatic N) is 3. The van der Waals surface area contributed by atoms with Crippen molar-refractivity contribution in [1.82, 2.24) is 15.0 Å². The summed E-state index contributed by atoms with van der Waals surface area (Å²) in [7, 11) is 0. The second-order valence-corrected chi connectivity index (χ2v) is 8.27. The summed E-state index contributed by atoms with van der Waals surface area (Å²) in [4.78, 5) is 7.87. The topological polar surface area (TPSA) is 44.3 Å². The molecule has 160 valence electrons. The van der Waals surface area contributed by atoms with E-state index >= 15 is 0 Å². The summed E-state index contributed by atoms with van der Waals surface area (Å²) in [5.74, 6) is 0. The molecule has 0 amide bonds. The van der Waals surface area contributed by atoms with Gasteiger partial charge in [-0.3, -0.25) is 5.01 Å². The lowest BCUT2D eigenvalue weighted by Gasteiger charge is -2.38. The molecule has 3 aromatic carbocycles. The Morgan fingerprint density at radius 3 is 1.66 bits per heavy atom. The Hall–Kier alpha value is -3.66. The van der Waals surface area contributed by atoms with Crippen LogP contribution in [-0.2, 0) is 5.41 Å². The molecule has 0 atom stereocenters. The van der Waals surface area contributed by atoms with Gasteiger partial charge < -0.3 is 4.98 Å². The SMILES string of the molecule is c1ccc(C(C(=NN2CCCCC2)c2c[nH]cn2)(c2ccccc2)c2ccccc2)cc1. The quantitative estimate of drug-likeness (QED) is 0.324. The van der Waals surface area contributed by atoms with E-state index in [0.29, 0.717) is 0 Å². The third-order valence-corrected chi connectivity index (χ3v) is 6.29. The zero-order valence-electron chi connectivity index (χ0n) is 18.2. The Morgan fingerprint density at radius 1 is 0.719 bits per heavy atom. The van der Waals surface area contributed by atoms with Crippen LogP contribution in [0.3, 0.4) is 0 Å². The molecule has 32 heavy (non-hydrogen) atoms. The molecule has 1 aliphatic heterocycles. The molecular formula is C28H28N4. The summed E-state index contributed by atoms with van der Waals surface area (Å²) in [6, 6.07) is 32.1. The van der Waals surface area contributed by atoms with E-state index in [0.717, 1.165) is 24.5 Å². The van der Waals surface area contributed by atoms with Crippen molar-refractivity contribution in [2.24, 2.45) is 5.10 Å². The fraction of sp³-hybridized carbons (Fsp3) is 0.214. The standard InChI is InChI=1S/C28H28N4/c1-5-13-23(14-6-1)28(24-15-7-2-8-16-24,25-17-9-3-10-18-25)27(26-21-29-22-30-26)31-32-19-11-4-12-20-32/h1-3,5-10,13-18,21-22H,4,11-12,19-20H2,(H,29,30). The van der Waals surface area contributed by atoms with Gasteiger partial charge in [0.15, 0.2) is 0 Å². The molecule has 0 unspecified atom stereocenters. The van der Waals surface area contributed by atoms with Crippen molar-refractivity contribution in [1.29, 1.82) is 0 Å². The Balaban J connectivity index is 1.86. The molecule has 0 aliphatic carbocycles. The first-order valence-electron chi connectivity index (χ1n) is 11.4. The molecule has 0 bridgehead atoms. The number of benzene rings is 3. The highest BCUT2D eigenvalue weighted by Gasteiger charge is 2.43. The van der Waals surface area contributed by atoms with Crippen molar-refractivity contribution in [2.45, 2.75) is 24.7 Å². The van der Waals surface area contributed by atoms with E-state index in [-0.39, 0.29) is 0 Å². The molecule has 4 aromatic rings. The molecular weight excluding hydrogens is 392 g/mol. The first-order chi connectivity index (χ1) is 15.9. The van der Waals surface area contributed by atoms with Crippen LogP contribution in [0.1, 0.15) is 41.6 Å². The monoisotopic (exact) mass is 420 g/mol. The molecule has 1 N–H and O–H groups in total. The molecule has 1 aliphatic rings. The smallest absolute Gasteiger partial charge is 0.107 e. The average Bonchev–Trinajstić information content (AvgIpc) is 3.41. The van der Waals surface area contributed by atoms with Crippen LogP contribution in [-0.4, -0.2) is 33.8 Å². The number of nitrogens with one attached hydrogen (secondary N) is 1. The van der Waals surface area contributed by atoms with Gasteiger partial charge in [-0.05, 0) is 36.0 Å². The van der Waals surface area contributed by atoms with Crippen LogP contribution in [0.4, 0.5) is 0 Å². The van der Waals surface area contributed by atoms with Crippen molar-refractivity contribution >= 4 is 5.71 Å². The first kappa shape index (κ1) is 20.3. The molecule has 0 spiro atoms. The van der Waals surface area contributed by atoms with Gasteiger partial charge in [0.2, 0.25) is 0 Å². The number of aromatic nitrogens is 2. The molecule has 1 aromatic heterocycles. The van der Waals surface area contributed by atoms with E-state index in [9.17, 15) is 0 Å². The first-order valence-corrected chi connectivity index (χ1v) is 11.4. The summed E-state index contributed by atoms with van der Waals surface area (Å²) in [6.45, 7) is 1.95. The van der Waals surface area contributed by atoms with Crippen molar-refractivity contribution in [2.75, 3.05) is 13.1 Å². The van der Waals surface area contributed by atoms with Gasteiger partial charge in [0.05, 0.1) is 11.7 Å². The number of hydrazone groups is 1. The van der Waals surface area contributed by atoms with Gasteiger partial charge in [-0.25, -0.2) is 4.98 Å². The predicted molar refractivity (Wildman–Crippen MR) is 130 cm³/mol. The van der Waals surface area contributed by atoms with E-state index < -0.39 is 5.41 Å². The van der Waals surface area contributed by atoms with Gasteiger partial charge in [0, 0.05) is 19.3 Å². The number of hydrogen-bond donors (Lipinski definition) is 1. The van der Waals surface area contributed by atoms with Crippen LogP contribution in [0.25, 0.3) is 0 Å². The molecule has 0 saturated carbocycles. The van der Waals surface area contributed by atoms with Crippen molar-refractivity contribution < 1.29 is 0 Å². The number of aromatic amines is 1. The van der Waals surface area contributed by atoms with Gasteiger partial charge in [-0.15, -0.1) is 0 Å². The van der Waals surface area contributed by atoms with E-state index in [1.165, 1.54) is 36.0 Å². The van der Waals surface area contributed by atoms with Crippen LogP contribution >= 0.6 is 0 Å². The summed E-state index contributed by atoms with van der Waals surface area (Å²) in [5, 5.41) is 7.58. The predicted octanol–water partition coefficient (Wildman–Crippen LogP) is 5.63. The highest BCUT2D eigenvalue weighted by molar-refractivity contribution is 6.11. The van der Waals surface area contributed by atoms with Crippen LogP contribution in [0.2, 0.25) is 0 Å². The summed E-state index contributed by atoms with van der Waals surface area (Å²) < 4.78 is 0. The van der Waals surface area contributed by atoms with Crippen LogP contribution in [0.15, 0.2) is 109 Å². The minimum absolute atomic E-state index is 0.601. The van der Waals surface area contributed by atoms with Gasteiger partial charge >= 0.3 is 0 Å². The van der Waals surface area contributed by atoms with Gasteiger partial charge in [-0.2, -0.15) is 5.10 Å². The van der Waals surface area contributed by atoms with E-state index in [1.807, 2.05) is 6.20 Å². The molecule has 2 heterocycles. The lowest BCUT2D eigenvalue weighted by molar-refractivity contribution is 0.238. The lowest BCUT2D eigenvalue weighted by atomic mass is 9.65. The van der Waals surface area contributed by atoms with Gasteiger partial charge in [0.25, 0.3) is 0 Å². The lowest BCUT2D eigenvalue weighted by Crippen LogP contribution is -2.41. The van der Waals surface area contributed by atoms with Crippen molar-refractivity contribution in [3.63, 3.8) is 0 Å². The summed E-state index contributed by atoms with van der Waals surface area (Å²) >= 11 is 0. The fourth-order valence-electron chi connectivity index (χ4n) is 4.80. The molecule has 1 saturated heterocycles. The third kappa shape index (κ3) is 3.73. The average molecular weight is 421 g/mol. The number of imidazole rings is 1. The van der Waals surface area contributed by atoms with Crippen LogP contribution in [0, 0.1) is 0 Å². The minimum Gasteiger partial charge on any atom is -0.351 e. The largest absolute Gasteiger partial charge is 0.351 e. The van der Waals surface area contributed by atoms with E-state index in [2.05, 4.69) is 101 Å². The molecule has 4 heteroatoms. The van der Waals surface area contributed by atoms with Crippen molar-refractivity contribution in [3.05, 3.63) is 126 Å². The number of rotatable bonds is 6. The van der Waals surface area contributed by atoms with E-state index in [1.54, 1.807) is 6.33 Å². The van der Waals surface area contributed by atoms with E-state index in [4.69, 9.17) is 10.1 Å². The Morgan fingerprint density at radius 2 is 1.22 bits per heavy atom. The second kappa shape index (κ2) is 9.23. The highest BCUT2D eigenvalue weighted by atomic mass is 15.5. The number of H-pyrrole nitrogens is 1. The zero-order chi connectivity index (χ0) is 21.6. The number of piperidine rings is 1. The van der Waals surface area contributed by atoms with Gasteiger partial charge in [0.1, 0.15) is 11.4 Å². The highest BCUT2D eigenvalue weighted by Crippen LogP contribution is 2.42. The Kier molecular flexibility index (Phi) is 5.84. The Labute approximate surface area is 189 Å². The molecule has 4 nitrogen and oxygen atoms in total. The molecule has 1 fully saturated rings. The summed E-state index contributed by atoms with van der Waals surface area (Å²) in [5.41, 5.74) is 4.75. The molecule has 5 rings (SSSR count). The third-order valence-electron chi connectivity index (χ3n) is 6.29. The van der Waals surface area contributed by atoms with Gasteiger partial charge in [-0.1, -0.05) is 91.0 Å². The maximum absolute atomic E-state index is 5.35. The fourth-order valence-corrected chi connectivity index (χ4v) is 4.80. The summed E-state index contributed by atoms with van der Waals surface area (Å²) in [6.07, 6.45) is 7.32. The normalized spacial score (nSPS) is 15.0. The maximum atomic E-state index is 5.35. The second-order valence-electron chi connectivity index (χ2n) is 8.27. The van der Waals surface area contributed by atoms with Crippen LogP contribution in [0.5, 0.6) is 0 Å². The zero-order valence-corrected chi connectivity index (χ0v) is 18.2. The maximum Gasteiger partial charge on any atom is 0.107 e.